The molecule has 0 radical (unpaired) electrons. The first kappa shape index (κ1) is 9.08. The van der Waals surface area contributed by atoms with Crippen LogP contribution in [0.1, 0.15) is 0 Å². The van der Waals surface area contributed by atoms with Crippen LogP contribution < -0.4 is 11.3 Å². The summed E-state index contributed by atoms with van der Waals surface area (Å²) < 4.78 is 0. The van der Waals surface area contributed by atoms with Gasteiger partial charge in [0.2, 0.25) is 0 Å². The molecule has 0 amide bonds. The number of fused-ring (bicyclic) bond motifs is 1. The van der Waals surface area contributed by atoms with E-state index in [4.69, 9.17) is 5.73 Å². The minimum Gasteiger partial charge on any atom is -0.399 e. The van der Waals surface area contributed by atoms with E-state index in [1.165, 1.54) is 11.8 Å². The Morgan fingerprint density at radius 1 is 1.50 bits per heavy atom. The predicted molar refractivity (Wildman–Crippen MR) is 58.6 cm³/mol. The Bertz CT molecular complexity index is 535. The van der Waals surface area contributed by atoms with Crippen LogP contribution >= 0.6 is 11.8 Å². The average molecular weight is 207 g/mol. The third-order valence-corrected chi connectivity index (χ3v) is 2.48. The highest BCUT2D eigenvalue weighted by molar-refractivity contribution is 7.98. The first-order valence-corrected chi connectivity index (χ1v) is 5.27. The molecule has 0 spiro atoms. The quantitative estimate of drug-likeness (QED) is 0.419. The Hall–Kier alpha value is -1.49. The predicted octanol–water partition coefficient (Wildman–Crippen LogP) is 1.23. The maximum Gasteiger partial charge on any atom is 0.259 e. The number of nitrogens with zero attached hydrogens (tertiary/aromatic N) is 1. The number of hydrogen-bond acceptors (Lipinski definition) is 4. The summed E-state index contributed by atoms with van der Waals surface area (Å²) in [5.41, 5.74) is 6.73. The van der Waals surface area contributed by atoms with Gasteiger partial charge in [-0.3, -0.25) is 4.79 Å². The molecule has 2 rings (SSSR count). The van der Waals surface area contributed by atoms with Crippen molar-refractivity contribution in [3.8, 4) is 0 Å². The Morgan fingerprint density at radius 2 is 2.29 bits per heavy atom. The third-order valence-electron chi connectivity index (χ3n) is 1.90. The van der Waals surface area contributed by atoms with E-state index in [2.05, 4.69) is 9.97 Å². The Kier molecular flexibility index (Phi) is 2.17. The standard InChI is InChI=1S/C9H9N3OS/c1-14-9-11-7-4-5(10)2-3-6(7)8(13)12-9/h2-4H,10H2,1H3,(H,11,12,13). The van der Waals surface area contributed by atoms with Crippen LogP contribution in [0.15, 0.2) is 28.2 Å². The van der Waals surface area contributed by atoms with E-state index in [1.54, 1.807) is 18.2 Å². The number of thioether (sulfide) groups is 1. The van der Waals surface area contributed by atoms with Crippen LogP contribution in [0.5, 0.6) is 0 Å². The molecule has 1 heterocycles. The highest BCUT2D eigenvalue weighted by atomic mass is 32.2. The second-order valence-electron chi connectivity index (χ2n) is 2.85. The lowest BCUT2D eigenvalue weighted by Gasteiger charge is -2.00. The number of benzene rings is 1. The van der Waals surface area contributed by atoms with Gasteiger partial charge in [-0.25, -0.2) is 4.98 Å². The molecule has 0 aliphatic carbocycles. The van der Waals surface area contributed by atoms with Gasteiger partial charge in [-0.2, -0.15) is 0 Å². The van der Waals surface area contributed by atoms with Crippen molar-refractivity contribution in [1.29, 1.82) is 0 Å². The molecule has 1 aromatic heterocycles. The molecule has 14 heavy (non-hydrogen) atoms. The molecule has 1 aromatic carbocycles. The summed E-state index contributed by atoms with van der Waals surface area (Å²) in [5, 5.41) is 1.17. The lowest BCUT2D eigenvalue weighted by Crippen LogP contribution is -2.09. The van der Waals surface area contributed by atoms with Crippen molar-refractivity contribution in [3.05, 3.63) is 28.6 Å². The average Bonchev–Trinajstić information content (AvgIpc) is 2.16. The molecule has 4 nitrogen and oxygen atoms in total. The smallest absolute Gasteiger partial charge is 0.259 e. The van der Waals surface area contributed by atoms with Crippen molar-refractivity contribution in [2.24, 2.45) is 0 Å². The van der Waals surface area contributed by atoms with Crippen LogP contribution in [0.2, 0.25) is 0 Å². The summed E-state index contributed by atoms with van der Waals surface area (Å²) in [7, 11) is 0. The second-order valence-corrected chi connectivity index (χ2v) is 3.65. The molecular weight excluding hydrogens is 198 g/mol. The van der Waals surface area contributed by atoms with Gasteiger partial charge < -0.3 is 10.7 Å². The van der Waals surface area contributed by atoms with E-state index in [0.717, 1.165) is 0 Å². The number of anilines is 1. The monoisotopic (exact) mass is 207 g/mol. The molecule has 2 aromatic rings. The summed E-state index contributed by atoms with van der Waals surface area (Å²) in [6.45, 7) is 0. The summed E-state index contributed by atoms with van der Waals surface area (Å²) in [4.78, 5) is 18.4. The normalized spacial score (nSPS) is 10.6. The molecule has 0 bridgehead atoms. The molecule has 0 saturated carbocycles. The first-order valence-electron chi connectivity index (χ1n) is 4.04. The highest BCUT2D eigenvalue weighted by Crippen LogP contribution is 2.14. The molecule has 3 N–H and O–H groups in total. The molecule has 72 valence electrons. The largest absolute Gasteiger partial charge is 0.399 e. The number of nitrogens with two attached hydrogens (primary N) is 1. The van der Waals surface area contributed by atoms with Crippen LogP contribution in [0, 0.1) is 0 Å². The lowest BCUT2D eigenvalue weighted by molar-refractivity contribution is 0.978. The fraction of sp³-hybridized carbons (Fsp3) is 0.111. The van der Waals surface area contributed by atoms with E-state index >= 15 is 0 Å². The molecule has 0 aliphatic heterocycles. The zero-order chi connectivity index (χ0) is 10.1. The van der Waals surface area contributed by atoms with E-state index < -0.39 is 0 Å². The van der Waals surface area contributed by atoms with E-state index in [9.17, 15) is 4.79 Å². The summed E-state index contributed by atoms with van der Waals surface area (Å²) in [6.07, 6.45) is 1.86. The van der Waals surface area contributed by atoms with Gasteiger partial charge in [0.25, 0.3) is 5.56 Å². The number of aromatic nitrogens is 2. The van der Waals surface area contributed by atoms with Gasteiger partial charge in [0.05, 0.1) is 10.9 Å². The fourth-order valence-corrected chi connectivity index (χ4v) is 1.62. The van der Waals surface area contributed by atoms with Gasteiger partial charge >= 0.3 is 0 Å². The highest BCUT2D eigenvalue weighted by Gasteiger charge is 2.02. The molecule has 0 fully saturated rings. The number of H-pyrrole nitrogens is 1. The van der Waals surface area contributed by atoms with Crippen molar-refractivity contribution in [2.45, 2.75) is 5.16 Å². The SMILES string of the molecule is CSc1nc2cc(N)ccc2c(=O)[nH]1. The molecule has 0 atom stereocenters. The van der Waals surface area contributed by atoms with Crippen LogP contribution in [0.4, 0.5) is 5.69 Å². The number of rotatable bonds is 1. The molecule has 0 unspecified atom stereocenters. The van der Waals surface area contributed by atoms with Crippen LogP contribution in [0.25, 0.3) is 10.9 Å². The van der Waals surface area contributed by atoms with E-state index in [0.29, 0.717) is 21.7 Å². The van der Waals surface area contributed by atoms with Crippen molar-refractivity contribution in [2.75, 3.05) is 12.0 Å². The molecule has 0 saturated heterocycles. The second kappa shape index (κ2) is 3.34. The summed E-state index contributed by atoms with van der Waals surface area (Å²) in [5.74, 6) is 0. The van der Waals surface area contributed by atoms with Crippen LogP contribution in [0.3, 0.4) is 0 Å². The fourth-order valence-electron chi connectivity index (χ4n) is 1.23. The van der Waals surface area contributed by atoms with Gasteiger partial charge in [0.15, 0.2) is 5.16 Å². The van der Waals surface area contributed by atoms with Gasteiger partial charge in [-0.15, -0.1) is 0 Å². The van der Waals surface area contributed by atoms with Gasteiger partial charge in [-0.05, 0) is 24.5 Å². The van der Waals surface area contributed by atoms with Gasteiger partial charge in [0, 0.05) is 5.69 Å². The minimum atomic E-state index is -0.126. The van der Waals surface area contributed by atoms with Gasteiger partial charge in [-0.1, -0.05) is 11.8 Å². The number of hydrogen-bond donors (Lipinski definition) is 2. The molecule has 5 heteroatoms. The van der Waals surface area contributed by atoms with Gasteiger partial charge in [0.1, 0.15) is 0 Å². The van der Waals surface area contributed by atoms with Crippen LogP contribution in [-0.2, 0) is 0 Å². The summed E-state index contributed by atoms with van der Waals surface area (Å²) >= 11 is 1.40. The Labute approximate surface area is 84.5 Å². The first-order chi connectivity index (χ1) is 6.70. The number of aromatic amines is 1. The Balaban J connectivity index is 2.84. The zero-order valence-electron chi connectivity index (χ0n) is 7.57. The summed E-state index contributed by atoms with van der Waals surface area (Å²) in [6, 6.07) is 5.07. The van der Waals surface area contributed by atoms with Crippen molar-refractivity contribution in [3.63, 3.8) is 0 Å². The van der Waals surface area contributed by atoms with Crippen LogP contribution in [-0.4, -0.2) is 16.2 Å². The third kappa shape index (κ3) is 1.46. The Morgan fingerprint density at radius 3 is 3.00 bits per heavy atom. The zero-order valence-corrected chi connectivity index (χ0v) is 8.39. The van der Waals surface area contributed by atoms with Crippen molar-refractivity contribution in [1.82, 2.24) is 9.97 Å². The minimum absolute atomic E-state index is 0.126. The molecule has 0 aliphatic rings. The van der Waals surface area contributed by atoms with Crippen molar-refractivity contribution >= 4 is 28.4 Å². The number of nitrogen functional groups attached to an aromatic ring is 1. The topological polar surface area (TPSA) is 71.8 Å². The van der Waals surface area contributed by atoms with E-state index in [-0.39, 0.29) is 5.56 Å². The lowest BCUT2D eigenvalue weighted by atomic mass is 10.2. The maximum atomic E-state index is 11.5. The molecular formula is C9H9N3OS. The maximum absolute atomic E-state index is 11.5. The van der Waals surface area contributed by atoms with E-state index in [1.807, 2.05) is 6.26 Å². The number of nitrogens with one attached hydrogen (secondary N) is 1. The van der Waals surface area contributed by atoms with Crippen molar-refractivity contribution < 1.29 is 0 Å².